The van der Waals surface area contributed by atoms with E-state index in [4.69, 9.17) is 14.2 Å². The zero-order valence-electron chi connectivity index (χ0n) is 26.1. The predicted molar refractivity (Wildman–Crippen MR) is 166 cm³/mol. The van der Waals surface area contributed by atoms with Gasteiger partial charge in [-0.15, -0.1) is 0 Å². The number of fused-ring (bicyclic) bond motifs is 9. The highest BCUT2D eigenvalue weighted by atomic mass is 16.5. The molecule has 4 bridgehead atoms. The summed E-state index contributed by atoms with van der Waals surface area (Å²) >= 11 is 0. The van der Waals surface area contributed by atoms with Crippen LogP contribution in [0.1, 0.15) is 40.9 Å². The van der Waals surface area contributed by atoms with Gasteiger partial charge >= 0.3 is 5.69 Å². The summed E-state index contributed by atoms with van der Waals surface area (Å²) in [5.41, 5.74) is 0.445. The fourth-order valence-electron chi connectivity index (χ4n) is 5.94. The number of rotatable bonds is 3. The van der Waals surface area contributed by atoms with E-state index in [-0.39, 0.29) is 56.2 Å². The first-order valence-electron chi connectivity index (χ1n) is 15.3. The Labute approximate surface area is 265 Å². The lowest BCUT2D eigenvalue weighted by molar-refractivity contribution is -0.137. The molecule has 13 heteroatoms. The average molecular weight is 632 g/mol. The Balaban J connectivity index is 1.29. The molecule has 4 heterocycles. The molecule has 3 aromatic rings. The van der Waals surface area contributed by atoms with Crippen molar-refractivity contribution in [2.75, 3.05) is 26.7 Å². The number of carbonyl (C=O) groups excluding carboxylic acids is 3. The minimum Gasteiger partial charge on any atom is -0.493 e. The largest absolute Gasteiger partial charge is 0.493 e. The normalized spacial score (nSPS) is 20.7. The fourth-order valence-corrected chi connectivity index (χ4v) is 5.94. The Kier molecular flexibility index (Phi) is 8.67. The van der Waals surface area contributed by atoms with Gasteiger partial charge in [0.15, 0.2) is 11.5 Å². The SMILES string of the molecule is COc1cc2ccc1Oc1cccc(c1)CO[C@H]1CN(C(=O)c3cc(=O)n(C)c(=O)n3C)C[C@@H]1NC(=O)CN(C1CC1)C(=O)CC2. The molecule has 3 aliphatic heterocycles. The van der Waals surface area contributed by atoms with Gasteiger partial charge in [0.2, 0.25) is 11.8 Å². The van der Waals surface area contributed by atoms with Gasteiger partial charge < -0.3 is 29.3 Å². The van der Waals surface area contributed by atoms with Crippen molar-refractivity contribution in [3.63, 3.8) is 0 Å². The van der Waals surface area contributed by atoms with Crippen LogP contribution in [0.2, 0.25) is 0 Å². The molecule has 1 N–H and O–H groups in total. The molecule has 242 valence electrons. The molecule has 3 amide bonds. The molecule has 0 radical (unpaired) electrons. The Hall–Kier alpha value is -4.91. The fraction of sp³-hybridized carbons (Fsp3) is 0.424. The van der Waals surface area contributed by atoms with Gasteiger partial charge in [0.25, 0.3) is 11.5 Å². The average Bonchev–Trinajstić information content (AvgIpc) is 3.82. The number of hydrogen-bond acceptors (Lipinski definition) is 8. The van der Waals surface area contributed by atoms with Gasteiger partial charge in [-0.1, -0.05) is 18.2 Å². The van der Waals surface area contributed by atoms with Crippen molar-refractivity contribution in [1.29, 1.82) is 0 Å². The Morgan fingerprint density at radius 3 is 2.50 bits per heavy atom. The Morgan fingerprint density at radius 2 is 1.74 bits per heavy atom. The molecule has 2 fully saturated rings. The summed E-state index contributed by atoms with van der Waals surface area (Å²) in [6, 6.07) is 13.5. The predicted octanol–water partition coefficient (Wildman–Crippen LogP) is 1.35. The van der Waals surface area contributed by atoms with E-state index in [2.05, 4.69) is 5.32 Å². The highest BCUT2D eigenvalue weighted by Gasteiger charge is 2.39. The number of carbonyl (C=O) groups is 3. The molecule has 2 aromatic carbocycles. The van der Waals surface area contributed by atoms with Crippen molar-refractivity contribution in [3.8, 4) is 17.2 Å². The first-order chi connectivity index (χ1) is 22.1. The number of aromatic nitrogens is 2. The smallest absolute Gasteiger partial charge is 0.331 e. The van der Waals surface area contributed by atoms with Crippen LogP contribution in [0.5, 0.6) is 17.2 Å². The van der Waals surface area contributed by atoms with Gasteiger partial charge in [-0.05, 0) is 54.7 Å². The molecule has 1 aromatic heterocycles. The van der Waals surface area contributed by atoms with Gasteiger partial charge in [-0.2, -0.15) is 0 Å². The molecular weight excluding hydrogens is 594 g/mol. The van der Waals surface area contributed by atoms with Crippen molar-refractivity contribution < 1.29 is 28.6 Å². The van der Waals surface area contributed by atoms with Gasteiger partial charge in [-0.25, -0.2) is 4.79 Å². The zero-order chi connectivity index (χ0) is 32.5. The van der Waals surface area contributed by atoms with Gasteiger partial charge in [0.05, 0.1) is 32.4 Å². The van der Waals surface area contributed by atoms with Crippen LogP contribution >= 0.6 is 0 Å². The number of benzene rings is 2. The topological polar surface area (TPSA) is 141 Å². The summed E-state index contributed by atoms with van der Waals surface area (Å²) in [5.74, 6) is 0.636. The quantitative estimate of drug-likeness (QED) is 0.457. The molecule has 0 unspecified atom stereocenters. The number of nitrogens with zero attached hydrogens (tertiary/aromatic N) is 4. The summed E-state index contributed by atoms with van der Waals surface area (Å²) in [6.07, 6.45) is 1.76. The van der Waals surface area contributed by atoms with Crippen molar-refractivity contribution in [3.05, 3.63) is 86.2 Å². The standard InChI is InChI=1S/C33H37N5O8/c1-35-25(15-31(41)36(2)33(35)43)32(42)37-16-24-28(17-37)45-19-21-5-4-6-23(13-21)46-26-11-7-20(14-27(26)44-3)8-12-30(40)38(22-9-10-22)18-29(39)34-24/h4-7,11,13-15,22,24,28H,8-10,12,16-19H2,1-3H3,(H,34,39)/t24-,28-/m0/s1. The molecule has 13 nitrogen and oxygen atoms in total. The van der Waals surface area contributed by atoms with E-state index in [1.54, 1.807) is 12.0 Å². The molecule has 1 saturated heterocycles. The number of ether oxygens (including phenoxy) is 3. The second-order valence-electron chi connectivity index (χ2n) is 12.0. The number of methoxy groups -OCH3 is 1. The van der Waals surface area contributed by atoms with Gasteiger partial charge in [0.1, 0.15) is 11.4 Å². The second-order valence-corrected chi connectivity index (χ2v) is 12.0. The Bertz CT molecular complexity index is 1800. The van der Waals surface area contributed by atoms with Crippen molar-refractivity contribution in [2.24, 2.45) is 14.1 Å². The molecule has 1 aliphatic carbocycles. The lowest BCUT2D eigenvalue weighted by Gasteiger charge is -2.25. The van der Waals surface area contributed by atoms with Gasteiger partial charge in [0, 0.05) is 45.7 Å². The number of hydrogen-bond donors (Lipinski definition) is 1. The van der Waals surface area contributed by atoms with E-state index >= 15 is 0 Å². The van der Waals surface area contributed by atoms with Gasteiger partial charge in [-0.3, -0.25) is 28.3 Å². The van der Waals surface area contributed by atoms with E-state index in [0.717, 1.165) is 39.2 Å². The highest BCUT2D eigenvalue weighted by Crippen LogP contribution is 2.34. The monoisotopic (exact) mass is 631 g/mol. The summed E-state index contributed by atoms with van der Waals surface area (Å²) in [7, 11) is 4.34. The zero-order valence-corrected chi connectivity index (χ0v) is 26.1. The Morgan fingerprint density at radius 1 is 0.935 bits per heavy atom. The van der Waals surface area contributed by atoms with Crippen LogP contribution in [-0.2, 0) is 41.4 Å². The molecule has 4 aliphatic rings. The van der Waals surface area contributed by atoms with Crippen LogP contribution in [-0.4, -0.2) is 81.6 Å². The minimum atomic E-state index is -0.618. The lowest BCUT2D eigenvalue weighted by atomic mass is 10.1. The molecule has 46 heavy (non-hydrogen) atoms. The molecule has 0 spiro atoms. The van der Waals surface area contributed by atoms with Crippen LogP contribution < -0.4 is 26.0 Å². The molecule has 2 atom stereocenters. The minimum absolute atomic E-state index is 0.0136. The molecule has 7 rings (SSSR count). The van der Waals surface area contributed by atoms with Crippen LogP contribution in [0.3, 0.4) is 0 Å². The summed E-state index contributed by atoms with van der Waals surface area (Å²) in [6.45, 7) is 0.246. The van der Waals surface area contributed by atoms with Crippen molar-refractivity contribution in [1.82, 2.24) is 24.3 Å². The highest BCUT2D eigenvalue weighted by molar-refractivity contribution is 5.93. The van der Waals surface area contributed by atoms with Crippen LogP contribution in [0.4, 0.5) is 0 Å². The van der Waals surface area contributed by atoms with E-state index in [1.807, 2.05) is 42.5 Å². The van der Waals surface area contributed by atoms with Crippen LogP contribution in [0, 0.1) is 0 Å². The summed E-state index contributed by atoms with van der Waals surface area (Å²) in [5, 5.41) is 3.00. The maximum absolute atomic E-state index is 13.6. The van der Waals surface area contributed by atoms with Crippen molar-refractivity contribution in [2.45, 2.75) is 50.5 Å². The number of likely N-dealkylation sites (tertiary alicyclic amines) is 1. The van der Waals surface area contributed by atoms with Crippen LogP contribution in [0.25, 0.3) is 0 Å². The maximum Gasteiger partial charge on any atom is 0.331 e. The third kappa shape index (κ3) is 6.54. The van der Waals surface area contributed by atoms with E-state index in [9.17, 15) is 24.0 Å². The van der Waals surface area contributed by atoms with Crippen LogP contribution in [0.15, 0.2) is 58.1 Å². The van der Waals surface area contributed by atoms with E-state index < -0.39 is 29.3 Å². The second kappa shape index (κ2) is 12.8. The first kappa shape index (κ1) is 31.1. The van der Waals surface area contributed by atoms with Crippen molar-refractivity contribution >= 4 is 17.7 Å². The van der Waals surface area contributed by atoms with E-state index in [1.165, 1.54) is 19.0 Å². The third-order valence-electron chi connectivity index (χ3n) is 8.71. The number of amides is 3. The lowest BCUT2D eigenvalue weighted by Crippen LogP contribution is -2.49. The number of aryl methyl sites for hydroxylation is 1. The summed E-state index contributed by atoms with van der Waals surface area (Å²) in [4.78, 5) is 68.3. The maximum atomic E-state index is 13.6. The number of nitrogens with one attached hydrogen (secondary N) is 1. The first-order valence-corrected chi connectivity index (χ1v) is 15.3. The molecule has 1 saturated carbocycles. The van der Waals surface area contributed by atoms with E-state index in [0.29, 0.717) is 23.7 Å². The summed E-state index contributed by atoms with van der Waals surface area (Å²) < 4.78 is 20.1. The molecular formula is C33H37N5O8. The third-order valence-corrected chi connectivity index (χ3v) is 8.71.